The van der Waals surface area contributed by atoms with Crippen LogP contribution in [-0.2, 0) is 4.79 Å². The molecule has 150 valence electrons. The number of carbonyl (C=O) groups is 1. The zero-order valence-corrected chi connectivity index (χ0v) is 16.3. The van der Waals surface area contributed by atoms with Gasteiger partial charge in [0, 0.05) is 6.07 Å². The highest BCUT2D eigenvalue weighted by atomic mass is 16.6. The van der Waals surface area contributed by atoms with Crippen LogP contribution < -0.4 is 19.1 Å². The summed E-state index contributed by atoms with van der Waals surface area (Å²) in [4.78, 5) is 29.2. The molecule has 0 radical (unpaired) electrons. The third kappa shape index (κ3) is 3.75. The minimum atomic E-state index is -0.526. The predicted molar refractivity (Wildman–Crippen MR) is 108 cm³/mol. The number of nitro groups is 1. The molecule has 0 spiro atoms. The first-order chi connectivity index (χ1) is 13.9. The number of nitro benzene ring substituents is 1. The second-order valence-electron chi connectivity index (χ2n) is 6.06. The number of benzene rings is 2. The van der Waals surface area contributed by atoms with Crippen molar-refractivity contribution in [1.29, 1.82) is 0 Å². The average Bonchev–Trinajstić information content (AvgIpc) is 3.00. The summed E-state index contributed by atoms with van der Waals surface area (Å²) in [6.07, 6.45) is 1.63. The number of amides is 1. The van der Waals surface area contributed by atoms with Crippen LogP contribution in [0.4, 0.5) is 11.4 Å². The van der Waals surface area contributed by atoms with Crippen molar-refractivity contribution in [3.63, 3.8) is 0 Å². The highest BCUT2D eigenvalue weighted by Crippen LogP contribution is 2.36. The van der Waals surface area contributed by atoms with Crippen molar-refractivity contribution >= 4 is 29.2 Å². The molecule has 0 atom stereocenters. The molecule has 2 aromatic carbocycles. The molecule has 0 fully saturated rings. The van der Waals surface area contributed by atoms with Crippen LogP contribution >= 0.6 is 0 Å². The average molecular weight is 397 g/mol. The van der Waals surface area contributed by atoms with Gasteiger partial charge in [0.1, 0.15) is 17.3 Å². The van der Waals surface area contributed by atoms with Gasteiger partial charge in [0.15, 0.2) is 11.5 Å². The normalized spacial score (nSPS) is 14.8. The number of methoxy groups -OCH3 is 3. The number of hydrogen-bond acceptors (Lipinski definition) is 7. The molecule has 9 heteroatoms. The fourth-order valence-electron chi connectivity index (χ4n) is 2.98. The molecule has 3 rings (SSSR count). The second kappa shape index (κ2) is 8.01. The number of ether oxygens (including phenoxy) is 3. The number of amidine groups is 1. The van der Waals surface area contributed by atoms with Crippen molar-refractivity contribution in [3.05, 3.63) is 57.8 Å². The van der Waals surface area contributed by atoms with Crippen LogP contribution in [0.25, 0.3) is 6.08 Å². The molecule has 1 heterocycles. The van der Waals surface area contributed by atoms with Gasteiger partial charge in [-0.25, -0.2) is 4.99 Å². The molecule has 1 aliphatic heterocycles. The van der Waals surface area contributed by atoms with Crippen LogP contribution in [0.3, 0.4) is 0 Å². The van der Waals surface area contributed by atoms with E-state index in [-0.39, 0.29) is 23.0 Å². The molecule has 1 amide bonds. The van der Waals surface area contributed by atoms with E-state index in [2.05, 4.69) is 4.99 Å². The summed E-state index contributed by atoms with van der Waals surface area (Å²) in [5.74, 6) is 1.36. The van der Waals surface area contributed by atoms with Crippen molar-refractivity contribution in [1.82, 2.24) is 0 Å². The highest BCUT2D eigenvalue weighted by molar-refractivity contribution is 6.28. The second-order valence-corrected chi connectivity index (χ2v) is 6.06. The Bertz CT molecular complexity index is 1040. The summed E-state index contributed by atoms with van der Waals surface area (Å²) in [6, 6.07) is 9.30. The van der Waals surface area contributed by atoms with Gasteiger partial charge < -0.3 is 14.2 Å². The lowest BCUT2D eigenvalue weighted by Gasteiger charge is -2.18. The lowest BCUT2D eigenvalue weighted by atomic mass is 10.1. The van der Waals surface area contributed by atoms with E-state index < -0.39 is 4.92 Å². The summed E-state index contributed by atoms with van der Waals surface area (Å²) in [7, 11) is 4.45. The van der Waals surface area contributed by atoms with Crippen LogP contribution in [0.2, 0.25) is 0 Å². The van der Waals surface area contributed by atoms with Crippen molar-refractivity contribution < 1.29 is 23.9 Å². The number of nitrogens with zero attached hydrogens (tertiary/aromatic N) is 3. The van der Waals surface area contributed by atoms with Gasteiger partial charge in [-0.15, -0.1) is 0 Å². The third-order valence-corrected chi connectivity index (χ3v) is 4.35. The first-order valence-corrected chi connectivity index (χ1v) is 8.55. The molecule has 0 N–H and O–H groups in total. The van der Waals surface area contributed by atoms with Gasteiger partial charge in [-0.05, 0) is 36.8 Å². The Morgan fingerprint density at radius 2 is 1.69 bits per heavy atom. The molecule has 9 nitrogen and oxygen atoms in total. The lowest BCUT2D eigenvalue weighted by Crippen LogP contribution is -2.30. The first kappa shape index (κ1) is 19.9. The van der Waals surface area contributed by atoms with E-state index >= 15 is 0 Å². The first-order valence-electron chi connectivity index (χ1n) is 8.55. The van der Waals surface area contributed by atoms with Gasteiger partial charge in [0.05, 0.1) is 38.0 Å². The van der Waals surface area contributed by atoms with Gasteiger partial charge in [-0.1, -0.05) is 6.07 Å². The van der Waals surface area contributed by atoms with Crippen LogP contribution in [0.5, 0.6) is 17.2 Å². The Balaban J connectivity index is 1.98. The van der Waals surface area contributed by atoms with E-state index in [4.69, 9.17) is 14.2 Å². The largest absolute Gasteiger partial charge is 0.494 e. The molecule has 29 heavy (non-hydrogen) atoms. The van der Waals surface area contributed by atoms with Crippen molar-refractivity contribution in [2.75, 3.05) is 26.2 Å². The molecule has 0 saturated carbocycles. The summed E-state index contributed by atoms with van der Waals surface area (Å²) >= 11 is 0. The zero-order valence-electron chi connectivity index (χ0n) is 16.3. The monoisotopic (exact) mass is 397 g/mol. The SMILES string of the molecule is COc1ccc(/C=C2\N=C(C)N(c3ccc([N+](=O)[O-])cc3OC)C2=O)cc1OC. The number of anilines is 1. The summed E-state index contributed by atoms with van der Waals surface area (Å²) < 4.78 is 15.8. The number of hydrogen-bond donors (Lipinski definition) is 0. The van der Waals surface area contributed by atoms with E-state index in [1.165, 1.54) is 37.3 Å². The molecule has 0 aliphatic carbocycles. The molecule has 0 saturated heterocycles. The summed E-state index contributed by atoms with van der Waals surface area (Å²) in [6.45, 7) is 1.67. The van der Waals surface area contributed by atoms with Gasteiger partial charge in [-0.2, -0.15) is 0 Å². The maximum Gasteiger partial charge on any atom is 0.282 e. The fourth-order valence-corrected chi connectivity index (χ4v) is 2.98. The van der Waals surface area contributed by atoms with Crippen LogP contribution in [0.15, 0.2) is 47.1 Å². The van der Waals surface area contributed by atoms with Crippen LogP contribution in [-0.4, -0.2) is 38.0 Å². The standard InChI is InChI=1S/C20H19N3O6/c1-12-21-15(9-13-5-8-17(27-2)19(10-13)29-4)20(24)22(12)16-7-6-14(23(25)26)11-18(16)28-3/h5-11H,1-4H3/b15-9-. The van der Waals surface area contributed by atoms with E-state index in [9.17, 15) is 14.9 Å². The summed E-state index contributed by atoms with van der Waals surface area (Å²) in [5.41, 5.74) is 1.17. The van der Waals surface area contributed by atoms with Crippen molar-refractivity contribution in [2.45, 2.75) is 6.92 Å². The lowest BCUT2D eigenvalue weighted by molar-refractivity contribution is -0.384. The molecule has 0 bridgehead atoms. The smallest absolute Gasteiger partial charge is 0.282 e. The zero-order chi connectivity index (χ0) is 21.1. The molecule has 0 aromatic heterocycles. The van der Waals surface area contributed by atoms with Crippen LogP contribution in [0.1, 0.15) is 12.5 Å². The minimum absolute atomic E-state index is 0.132. The molecule has 2 aromatic rings. The Morgan fingerprint density at radius 1 is 1.00 bits per heavy atom. The fraction of sp³-hybridized carbons (Fsp3) is 0.200. The highest BCUT2D eigenvalue weighted by Gasteiger charge is 2.31. The molecular weight excluding hydrogens is 378 g/mol. The maximum atomic E-state index is 13.0. The van der Waals surface area contributed by atoms with E-state index in [1.807, 2.05) is 0 Å². The number of rotatable bonds is 6. The van der Waals surface area contributed by atoms with Gasteiger partial charge in [-0.3, -0.25) is 19.8 Å². The Labute approximate surface area is 167 Å². The third-order valence-electron chi connectivity index (χ3n) is 4.35. The van der Waals surface area contributed by atoms with Gasteiger partial charge in [0.25, 0.3) is 11.6 Å². The van der Waals surface area contributed by atoms with Crippen molar-refractivity contribution in [3.8, 4) is 17.2 Å². The summed E-state index contributed by atoms with van der Waals surface area (Å²) in [5, 5.41) is 11.0. The number of aliphatic imine (C=N–C) groups is 1. The Morgan fingerprint density at radius 3 is 2.31 bits per heavy atom. The predicted octanol–water partition coefficient (Wildman–Crippen LogP) is 3.43. The van der Waals surface area contributed by atoms with E-state index in [0.29, 0.717) is 28.6 Å². The van der Waals surface area contributed by atoms with E-state index in [0.717, 1.165) is 0 Å². The van der Waals surface area contributed by atoms with Crippen LogP contribution in [0, 0.1) is 10.1 Å². The topological polar surface area (TPSA) is 104 Å². The Kier molecular flexibility index (Phi) is 5.49. The Hall–Kier alpha value is -3.88. The molecule has 1 aliphatic rings. The van der Waals surface area contributed by atoms with Gasteiger partial charge in [0.2, 0.25) is 0 Å². The quantitative estimate of drug-likeness (QED) is 0.420. The van der Waals surface area contributed by atoms with E-state index in [1.54, 1.807) is 38.3 Å². The number of non-ortho nitro benzene ring substituents is 1. The van der Waals surface area contributed by atoms with Gasteiger partial charge >= 0.3 is 0 Å². The molecule has 0 unspecified atom stereocenters. The van der Waals surface area contributed by atoms with Crippen molar-refractivity contribution in [2.24, 2.45) is 4.99 Å². The maximum absolute atomic E-state index is 13.0. The minimum Gasteiger partial charge on any atom is -0.494 e. The number of carbonyl (C=O) groups excluding carboxylic acids is 1. The molecular formula is C20H19N3O6.